The molecule has 0 aromatic heterocycles. The molecule has 1 rings (SSSR count). The van der Waals surface area contributed by atoms with E-state index in [0.29, 0.717) is 0 Å². The molecule has 0 aliphatic heterocycles. The second-order valence-electron chi connectivity index (χ2n) is 7.59. The van der Waals surface area contributed by atoms with Gasteiger partial charge < -0.3 is 24.8 Å². The molecular formula is C21H30N2O7. The first kappa shape index (κ1) is 24.9. The Morgan fingerprint density at radius 3 is 2.10 bits per heavy atom. The number of rotatable bonds is 9. The predicted octanol–water partition coefficient (Wildman–Crippen LogP) is 1.73. The Hall–Kier alpha value is -3.10. The summed E-state index contributed by atoms with van der Waals surface area (Å²) in [6.07, 6.45) is -0.672. The minimum Gasteiger partial charge on any atom is -0.469 e. The van der Waals surface area contributed by atoms with Gasteiger partial charge in [-0.1, -0.05) is 30.3 Å². The minimum atomic E-state index is -1.07. The number of nitrogens with one attached hydrogen (secondary N) is 2. The van der Waals surface area contributed by atoms with Gasteiger partial charge in [-0.2, -0.15) is 0 Å². The average Bonchev–Trinajstić information content (AvgIpc) is 2.68. The average molecular weight is 422 g/mol. The van der Waals surface area contributed by atoms with Crippen molar-refractivity contribution in [1.29, 1.82) is 0 Å². The Morgan fingerprint density at radius 2 is 1.57 bits per heavy atom. The zero-order valence-electron chi connectivity index (χ0n) is 18.0. The highest BCUT2D eigenvalue weighted by molar-refractivity contribution is 5.90. The maximum atomic E-state index is 12.9. The van der Waals surface area contributed by atoms with Gasteiger partial charge in [-0.25, -0.2) is 9.59 Å². The van der Waals surface area contributed by atoms with Gasteiger partial charge in [-0.15, -0.1) is 0 Å². The number of carbonyl (C=O) groups is 4. The molecular weight excluding hydrogens is 392 g/mol. The lowest BCUT2D eigenvalue weighted by atomic mass is 10.0. The normalized spacial score (nSPS) is 12.8. The fourth-order valence-electron chi connectivity index (χ4n) is 2.54. The Morgan fingerprint density at radius 1 is 0.933 bits per heavy atom. The lowest BCUT2D eigenvalue weighted by molar-refractivity contribution is -0.146. The van der Waals surface area contributed by atoms with E-state index in [-0.39, 0.29) is 19.3 Å². The third kappa shape index (κ3) is 9.40. The number of methoxy groups -OCH3 is 2. The first-order valence-electron chi connectivity index (χ1n) is 9.54. The molecule has 0 heterocycles. The van der Waals surface area contributed by atoms with Crippen molar-refractivity contribution >= 4 is 23.9 Å². The zero-order chi connectivity index (χ0) is 22.7. The van der Waals surface area contributed by atoms with Crippen LogP contribution >= 0.6 is 0 Å². The topological polar surface area (TPSA) is 120 Å². The number of amides is 2. The van der Waals surface area contributed by atoms with Crippen LogP contribution in [0.5, 0.6) is 0 Å². The number of alkyl carbamates (subject to hydrolysis) is 1. The summed E-state index contributed by atoms with van der Waals surface area (Å²) >= 11 is 0. The third-order valence-corrected chi connectivity index (χ3v) is 3.96. The number of esters is 2. The van der Waals surface area contributed by atoms with E-state index >= 15 is 0 Å². The minimum absolute atomic E-state index is 0.00438. The Balaban J connectivity index is 2.95. The van der Waals surface area contributed by atoms with Crippen molar-refractivity contribution in [2.75, 3.05) is 14.2 Å². The molecule has 0 unspecified atom stereocenters. The van der Waals surface area contributed by atoms with Crippen molar-refractivity contribution in [3.8, 4) is 0 Å². The predicted molar refractivity (Wildman–Crippen MR) is 109 cm³/mol. The molecule has 166 valence electrons. The molecule has 9 nitrogen and oxygen atoms in total. The van der Waals surface area contributed by atoms with Crippen LogP contribution < -0.4 is 10.6 Å². The van der Waals surface area contributed by atoms with Crippen molar-refractivity contribution in [3.63, 3.8) is 0 Å². The van der Waals surface area contributed by atoms with Gasteiger partial charge in [0.1, 0.15) is 17.7 Å². The molecule has 0 fully saturated rings. The molecule has 2 atom stereocenters. The van der Waals surface area contributed by atoms with E-state index in [2.05, 4.69) is 15.4 Å². The van der Waals surface area contributed by atoms with Gasteiger partial charge in [0.2, 0.25) is 5.91 Å². The van der Waals surface area contributed by atoms with Crippen LogP contribution in [0.15, 0.2) is 30.3 Å². The maximum absolute atomic E-state index is 12.9. The summed E-state index contributed by atoms with van der Waals surface area (Å²) in [6, 6.07) is 7.00. The lowest BCUT2D eigenvalue weighted by Crippen LogP contribution is -2.53. The van der Waals surface area contributed by atoms with Crippen molar-refractivity contribution in [2.24, 2.45) is 0 Å². The first-order valence-corrected chi connectivity index (χ1v) is 9.54. The maximum Gasteiger partial charge on any atom is 0.408 e. The molecule has 2 N–H and O–H groups in total. The zero-order valence-corrected chi connectivity index (χ0v) is 18.0. The third-order valence-electron chi connectivity index (χ3n) is 3.96. The van der Waals surface area contributed by atoms with Crippen LogP contribution in [-0.2, 0) is 35.0 Å². The van der Waals surface area contributed by atoms with Crippen LogP contribution in [0.25, 0.3) is 0 Å². The van der Waals surface area contributed by atoms with Crippen molar-refractivity contribution in [3.05, 3.63) is 35.9 Å². The largest absolute Gasteiger partial charge is 0.469 e. The summed E-state index contributed by atoms with van der Waals surface area (Å²) in [5.41, 5.74) is 0.0605. The Labute approximate surface area is 176 Å². The number of carbonyl (C=O) groups excluding carboxylic acids is 4. The van der Waals surface area contributed by atoms with E-state index in [9.17, 15) is 19.2 Å². The fourth-order valence-corrected chi connectivity index (χ4v) is 2.54. The number of hydrogen-bond acceptors (Lipinski definition) is 7. The van der Waals surface area contributed by atoms with E-state index in [1.807, 2.05) is 30.3 Å². The highest BCUT2D eigenvalue weighted by Crippen LogP contribution is 2.10. The summed E-state index contributed by atoms with van der Waals surface area (Å²) in [7, 11) is 2.41. The molecule has 9 heteroatoms. The van der Waals surface area contributed by atoms with Crippen molar-refractivity contribution < 1.29 is 33.4 Å². The number of benzene rings is 1. The van der Waals surface area contributed by atoms with Crippen molar-refractivity contribution in [2.45, 2.75) is 57.7 Å². The van der Waals surface area contributed by atoms with Gasteiger partial charge in [0.25, 0.3) is 0 Å². The second kappa shape index (κ2) is 11.8. The van der Waals surface area contributed by atoms with Gasteiger partial charge >= 0.3 is 18.0 Å². The van der Waals surface area contributed by atoms with E-state index in [0.717, 1.165) is 5.56 Å². The van der Waals surface area contributed by atoms with Gasteiger partial charge in [-0.05, 0) is 32.8 Å². The molecule has 1 aromatic rings. The number of ether oxygens (including phenoxy) is 3. The molecule has 2 amide bonds. The summed E-state index contributed by atoms with van der Waals surface area (Å²) in [5, 5.41) is 5.09. The standard InChI is InChI=1S/C21H30N2O7/c1-21(2,3)30-20(27)23-16(13-14-9-7-6-8-10-14)18(25)22-15(19(26)29-5)11-12-17(24)28-4/h6-10,15-16H,11-13H2,1-5H3,(H,22,25)(H,23,27)/t15-,16+/m0/s1. The van der Waals surface area contributed by atoms with Crippen LogP contribution in [-0.4, -0.2) is 55.8 Å². The van der Waals surface area contributed by atoms with E-state index < -0.39 is 41.6 Å². The summed E-state index contributed by atoms with van der Waals surface area (Å²) in [5.74, 6) is -1.83. The van der Waals surface area contributed by atoms with Crippen LogP contribution in [0.3, 0.4) is 0 Å². The van der Waals surface area contributed by atoms with E-state index in [1.165, 1.54) is 14.2 Å². The van der Waals surface area contributed by atoms with Gasteiger partial charge in [0.05, 0.1) is 14.2 Å². The van der Waals surface area contributed by atoms with Crippen LogP contribution in [0.4, 0.5) is 4.79 Å². The van der Waals surface area contributed by atoms with Crippen LogP contribution in [0, 0.1) is 0 Å². The highest BCUT2D eigenvalue weighted by Gasteiger charge is 2.29. The molecule has 1 aromatic carbocycles. The van der Waals surface area contributed by atoms with Crippen LogP contribution in [0.1, 0.15) is 39.2 Å². The van der Waals surface area contributed by atoms with Gasteiger partial charge in [0, 0.05) is 12.8 Å². The Kier molecular flexibility index (Phi) is 9.80. The van der Waals surface area contributed by atoms with Crippen LogP contribution in [0.2, 0.25) is 0 Å². The van der Waals surface area contributed by atoms with Crippen molar-refractivity contribution in [1.82, 2.24) is 10.6 Å². The molecule has 0 radical (unpaired) electrons. The Bertz CT molecular complexity index is 729. The number of hydrogen-bond donors (Lipinski definition) is 2. The molecule has 0 saturated carbocycles. The first-order chi connectivity index (χ1) is 14.1. The summed E-state index contributed by atoms with van der Waals surface area (Å²) < 4.78 is 14.5. The quantitative estimate of drug-likeness (QED) is 0.459. The monoisotopic (exact) mass is 422 g/mol. The highest BCUT2D eigenvalue weighted by atomic mass is 16.6. The molecule has 0 aliphatic carbocycles. The van der Waals surface area contributed by atoms with Gasteiger partial charge in [-0.3, -0.25) is 9.59 Å². The molecule has 0 aliphatic rings. The molecule has 0 spiro atoms. The molecule has 30 heavy (non-hydrogen) atoms. The van der Waals surface area contributed by atoms with Gasteiger partial charge in [0.15, 0.2) is 0 Å². The summed E-state index contributed by atoms with van der Waals surface area (Å²) in [6.45, 7) is 5.12. The van der Waals surface area contributed by atoms with E-state index in [4.69, 9.17) is 9.47 Å². The summed E-state index contributed by atoms with van der Waals surface area (Å²) in [4.78, 5) is 48.6. The second-order valence-corrected chi connectivity index (χ2v) is 7.59. The lowest BCUT2D eigenvalue weighted by Gasteiger charge is -2.25. The fraction of sp³-hybridized carbons (Fsp3) is 0.524. The SMILES string of the molecule is COC(=O)CC[C@H](NC(=O)[C@@H](Cc1ccccc1)NC(=O)OC(C)(C)C)C(=O)OC. The molecule has 0 bridgehead atoms. The smallest absolute Gasteiger partial charge is 0.408 e. The molecule has 0 saturated heterocycles. The van der Waals surface area contributed by atoms with E-state index in [1.54, 1.807) is 20.8 Å².